The van der Waals surface area contributed by atoms with Gasteiger partial charge < -0.3 is 24.6 Å². The molecule has 0 unspecified atom stereocenters. The molecule has 0 saturated carbocycles. The van der Waals surface area contributed by atoms with Crippen LogP contribution in [0.2, 0.25) is 0 Å². The van der Waals surface area contributed by atoms with Gasteiger partial charge in [-0.05, 0) is 36.4 Å². The third-order valence-electron chi connectivity index (χ3n) is 5.22. The van der Waals surface area contributed by atoms with Crippen molar-refractivity contribution in [3.8, 4) is 5.75 Å². The fourth-order valence-electron chi connectivity index (χ4n) is 3.36. The number of morpholine rings is 1. The lowest BCUT2D eigenvalue weighted by atomic mass is 10.2. The van der Waals surface area contributed by atoms with Crippen LogP contribution >= 0.6 is 0 Å². The quantitative estimate of drug-likeness (QED) is 0.497. The molecule has 4 rings (SSSR count). The van der Waals surface area contributed by atoms with Crippen molar-refractivity contribution in [3.63, 3.8) is 0 Å². The molecule has 1 aromatic heterocycles. The summed E-state index contributed by atoms with van der Waals surface area (Å²) in [5.74, 6) is -0.508. The number of anilines is 1. The standard InChI is InChI=1S/C24H25FN4O5/c25-21-4-2-1-3-20(21)23(30)27-17-5-7-18(8-6-17)33-16-19-15-22(28-34-19)24(31)26-9-10-29-11-13-32-14-12-29/h1-8,15H,9-14,16H2,(H,26,31)(H,27,30). The summed E-state index contributed by atoms with van der Waals surface area (Å²) < 4.78 is 29.9. The topological polar surface area (TPSA) is 106 Å². The zero-order chi connectivity index (χ0) is 23.8. The number of carbonyl (C=O) groups is 2. The minimum absolute atomic E-state index is 0.0333. The molecule has 0 radical (unpaired) electrons. The average molecular weight is 468 g/mol. The molecule has 10 heteroatoms. The molecule has 1 saturated heterocycles. The minimum Gasteiger partial charge on any atom is -0.486 e. The van der Waals surface area contributed by atoms with E-state index in [2.05, 4.69) is 20.7 Å². The van der Waals surface area contributed by atoms with Crippen LogP contribution in [0.1, 0.15) is 26.6 Å². The number of benzene rings is 2. The third kappa shape index (κ3) is 6.40. The number of rotatable bonds is 9. The van der Waals surface area contributed by atoms with Crippen molar-refractivity contribution in [3.05, 3.63) is 77.4 Å². The summed E-state index contributed by atoms with van der Waals surface area (Å²) in [5.41, 5.74) is 0.650. The summed E-state index contributed by atoms with van der Waals surface area (Å²) in [5, 5.41) is 9.26. The Bertz CT molecular complexity index is 1110. The van der Waals surface area contributed by atoms with E-state index in [9.17, 15) is 14.0 Å². The van der Waals surface area contributed by atoms with Gasteiger partial charge in [-0.15, -0.1) is 0 Å². The van der Waals surface area contributed by atoms with Crippen molar-refractivity contribution in [2.24, 2.45) is 0 Å². The summed E-state index contributed by atoms with van der Waals surface area (Å²) in [4.78, 5) is 26.7. The van der Waals surface area contributed by atoms with Crippen LogP contribution < -0.4 is 15.4 Å². The highest BCUT2D eigenvalue weighted by Crippen LogP contribution is 2.18. The molecule has 2 N–H and O–H groups in total. The van der Waals surface area contributed by atoms with Crippen LogP contribution in [0.5, 0.6) is 5.75 Å². The van der Waals surface area contributed by atoms with E-state index in [1.165, 1.54) is 24.3 Å². The number of amides is 2. The Morgan fingerprint density at radius 2 is 1.82 bits per heavy atom. The van der Waals surface area contributed by atoms with Crippen LogP contribution in [0.15, 0.2) is 59.1 Å². The first-order valence-corrected chi connectivity index (χ1v) is 10.9. The molecule has 0 atom stereocenters. The van der Waals surface area contributed by atoms with Crippen molar-refractivity contribution in [2.75, 3.05) is 44.7 Å². The first-order valence-electron chi connectivity index (χ1n) is 10.9. The lowest BCUT2D eigenvalue weighted by molar-refractivity contribution is 0.0383. The van der Waals surface area contributed by atoms with Gasteiger partial charge in [-0.2, -0.15) is 0 Å². The van der Waals surface area contributed by atoms with E-state index in [1.54, 1.807) is 30.3 Å². The van der Waals surface area contributed by atoms with Gasteiger partial charge in [0.25, 0.3) is 11.8 Å². The molecule has 9 nitrogen and oxygen atoms in total. The maximum atomic E-state index is 13.7. The molecule has 0 aliphatic carbocycles. The van der Waals surface area contributed by atoms with E-state index in [-0.39, 0.29) is 23.8 Å². The van der Waals surface area contributed by atoms with Crippen LogP contribution in [0.25, 0.3) is 0 Å². The lowest BCUT2D eigenvalue weighted by Gasteiger charge is -2.26. The average Bonchev–Trinajstić information content (AvgIpc) is 3.34. The Hall–Kier alpha value is -3.76. The summed E-state index contributed by atoms with van der Waals surface area (Å²) in [6, 6.07) is 13.9. The minimum atomic E-state index is -0.586. The van der Waals surface area contributed by atoms with E-state index in [1.807, 2.05) is 0 Å². The van der Waals surface area contributed by atoms with Crippen LogP contribution in [-0.4, -0.2) is 61.3 Å². The van der Waals surface area contributed by atoms with Crippen LogP contribution in [0.4, 0.5) is 10.1 Å². The smallest absolute Gasteiger partial charge is 0.273 e. The maximum absolute atomic E-state index is 13.7. The van der Waals surface area contributed by atoms with E-state index in [0.717, 1.165) is 19.6 Å². The van der Waals surface area contributed by atoms with Crippen molar-refractivity contribution >= 4 is 17.5 Å². The SMILES string of the molecule is O=C(NCCN1CCOCC1)c1cc(COc2ccc(NC(=O)c3ccccc3F)cc2)on1. The second kappa shape index (κ2) is 11.4. The Morgan fingerprint density at radius 1 is 1.06 bits per heavy atom. The van der Waals surface area contributed by atoms with Crippen molar-refractivity contribution in [2.45, 2.75) is 6.61 Å². The molecule has 34 heavy (non-hydrogen) atoms. The lowest BCUT2D eigenvalue weighted by Crippen LogP contribution is -2.41. The number of hydrogen-bond donors (Lipinski definition) is 2. The monoisotopic (exact) mass is 468 g/mol. The number of nitrogens with one attached hydrogen (secondary N) is 2. The van der Waals surface area contributed by atoms with Crippen molar-refractivity contribution in [1.29, 1.82) is 0 Å². The molecule has 1 aliphatic rings. The number of nitrogens with zero attached hydrogens (tertiary/aromatic N) is 2. The van der Waals surface area contributed by atoms with Gasteiger partial charge in [-0.3, -0.25) is 14.5 Å². The number of carbonyl (C=O) groups excluding carboxylic acids is 2. The van der Waals surface area contributed by atoms with Gasteiger partial charge in [0, 0.05) is 37.9 Å². The fraction of sp³-hybridized carbons (Fsp3) is 0.292. The van der Waals surface area contributed by atoms with E-state index in [4.69, 9.17) is 14.0 Å². The molecule has 0 spiro atoms. The van der Waals surface area contributed by atoms with E-state index >= 15 is 0 Å². The van der Waals surface area contributed by atoms with Crippen molar-refractivity contribution in [1.82, 2.24) is 15.4 Å². The molecule has 1 fully saturated rings. The normalized spacial score (nSPS) is 13.9. The molecule has 1 aliphatic heterocycles. The van der Waals surface area contributed by atoms with Crippen LogP contribution in [0, 0.1) is 5.82 Å². The molecule has 0 bridgehead atoms. The van der Waals surface area contributed by atoms with Crippen molar-refractivity contribution < 1.29 is 28.0 Å². The Labute approximate surface area is 195 Å². The van der Waals surface area contributed by atoms with Gasteiger partial charge in [0.1, 0.15) is 18.2 Å². The molecule has 3 aromatic rings. The number of ether oxygens (including phenoxy) is 2. The summed E-state index contributed by atoms with van der Waals surface area (Å²) in [6.07, 6.45) is 0. The first-order chi connectivity index (χ1) is 16.6. The molecule has 2 amide bonds. The Kier molecular flexibility index (Phi) is 7.84. The van der Waals surface area contributed by atoms with Gasteiger partial charge in [0.05, 0.1) is 18.8 Å². The zero-order valence-electron chi connectivity index (χ0n) is 18.5. The fourth-order valence-corrected chi connectivity index (χ4v) is 3.36. The van der Waals surface area contributed by atoms with E-state index in [0.29, 0.717) is 37.0 Å². The van der Waals surface area contributed by atoms with Gasteiger partial charge in [-0.1, -0.05) is 17.3 Å². The van der Waals surface area contributed by atoms with Gasteiger partial charge in [-0.25, -0.2) is 4.39 Å². The summed E-state index contributed by atoms with van der Waals surface area (Å²) in [7, 11) is 0. The van der Waals surface area contributed by atoms with Crippen LogP contribution in [-0.2, 0) is 11.3 Å². The summed E-state index contributed by atoms with van der Waals surface area (Å²) in [6.45, 7) is 4.49. The number of hydrogen-bond acceptors (Lipinski definition) is 7. The van der Waals surface area contributed by atoms with E-state index < -0.39 is 11.7 Å². The molecular formula is C24H25FN4O5. The summed E-state index contributed by atoms with van der Waals surface area (Å²) >= 11 is 0. The Morgan fingerprint density at radius 3 is 2.59 bits per heavy atom. The Balaban J connectivity index is 1.22. The highest BCUT2D eigenvalue weighted by atomic mass is 19.1. The molecule has 2 aromatic carbocycles. The third-order valence-corrected chi connectivity index (χ3v) is 5.22. The molecule has 178 valence electrons. The van der Waals surface area contributed by atoms with Gasteiger partial charge >= 0.3 is 0 Å². The predicted octanol–water partition coefficient (Wildman–Crippen LogP) is 2.71. The van der Waals surface area contributed by atoms with Crippen LogP contribution in [0.3, 0.4) is 0 Å². The first kappa shape index (κ1) is 23.4. The highest BCUT2D eigenvalue weighted by molar-refractivity contribution is 6.04. The van der Waals surface area contributed by atoms with Gasteiger partial charge in [0.2, 0.25) is 0 Å². The number of aromatic nitrogens is 1. The largest absolute Gasteiger partial charge is 0.486 e. The second-order valence-corrected chi connectivity index (χ2v) is 7.64. The molecular weight excluding hydrogens is 443 g/mol. The number of halogens is 1. The molecule has 2 heterocycles. The predicted molar refractivity (Wildman–Crippen MR) is 121 cm³/mol. The second-order valence-electron chi connectivity index (χ2n) is 7.64. The maximum Gasteiger partial charge on any atom is 0.273 e. The zero-order valence-corrected chi connectivity index (χ0v) is 18.5. The van der Waals surface area contributed by atoms with Gasteiger partial charge in [0.15, 0.2) is 11.5 Å². The highest BCUT2D eigenvalue weighted by Gasteiger charge is 2.15.